The summed E-state index contributed by atoms with van der Waals surface area (Å²) in [5.41, 5.74) is 0.344. The van der Waals surface area contributed by atoms with Crippen molar-refractivity contribution in [3.63, 3.8) is 0 Å². The lowest BCUT2D eigenvalue weighted by atomic mass is 10.2. The average Bonchev–Trinajstić information content (AvgIpc) is 2.77. The second kappa shape index (κ2) is 4.13. The van der Waals surface area contributed by atoms with Gasteiger partial charge in [-0.2, -0.15) is 0 Å². The quantitative estimate of drug-likeness (QED) is 0.823. The minimum atomic E-state index is -0.157. The highest BCUT2D eigenvalue weighted by molar-refractivity contribution is 9.09. The van der Waals surface area contributed by atoms with Gasteiger partial charge in [-0.25, -0.2) is 0 Å². The van der Waals surface area contributed by atoms with Gasteiger partial charge in [-0.1, -0.05) is 27.5 Å². The zero-order valence-electron chi connectivity index (χ0n) is 7.57. The zero-order valence-corrected chi connectivity index (χ0v) is 9.16. The van der Waals surface area contributed by atoms with Gasteiger partial charge in [0, 0.05) is 16.9 Å². The molecule has 1 saturated carbocycles. The molecule has 1 heterocycles. The van der Waals surface area contributed by atoms with Crippen LogP contribution in [0.2, 0.25) is 0 Å². The van der Waals surface area contributed by atoms with Gasteiger partial charge in [0.1, 0.15) is 6.26 Å². The number of rotatable bonds is 2. The van der Waals surface area contributed by atoms with Gasteiger partial charge in [0.05, 0.1) is 0 Å². The third-order valence-electron chi connectivity index (χ3n) is 2.42. The fraction of sp³-hybridized carbons (Fsp3) is 0.556. The maximum absolute atomic E-state index is 11.6. The van der Waals surface area contributed by atoms with Crippen molar-refractivity contribution in [3.8, 4) is 0 Å². The van der Waals surface area contributed by atoms with Crippen LogP contribution in [0.4, 0.5) is 0 Å². The van der Waals surface area contributed by atoms with Crippen LogP contribution in [-0.4, -0.2) is 21.9 Å². The molecule has 0 radical (unpaired) electrons. The molecule has 0 saturated heterocycles. The highest BCUT2D eigenvalue weighted by Gasteiger charge is 2.26. The van der Waals surface area contributed by atoms with E-state index in [1.165, 1.54) is 6.26 Å². The van der Waals surface area contributed by atoms with Crippen LogP contribution in [0.3, 0.4) is 0 Å². The van der Waals surface area contributed by atoms with Crippen LogP contribution in [0.15, 0.2) is 16.9 Å². The fourth-order valence-corrected chi connectivity index (χ4v) is 2.37. The molecule has 1 fully saturated rings. The first-order valence-corrected chi connectivity index (χ1v) is 5.54. The summed E-state index contributed by atoms with van der Waals surface area (Å²) >= 11 is 3.54. The highest BCUT2D eigenvalue weighted by Crippen LogP contribution is 2.25. The average molecular weight is 259 g/mol. The molecule has 0 bridgehead atoms. The summed E-state index contributed by atoms with van der Waals surface area (Å²) in [5, 5.41) is 6.50. The van der Waals surface area contributed by atoms with Gasteiger partial charge in [-0.05, 0) is 12.8 Å². The van der Waals surface area contributed by atoms with Crippen LogP contribution in [0.1, 0.15) is 29.8 Å². The van der Waals surface area contributed by atoms with Gasteiger partial charge in [-0.3, -0.25) is 4.79 Å². The SMILES string of the molecule is O=C(NC1CCCC1Br)c1ccon1. The summed E-state index contributed by atoms with van der Waals surface area (Å²) in [6.45, 7) is 0. The van der Waals surface area contributed by atoms with Crippen molar-refractivity contribution >= 4 is 21.8 Å². The normalized spacial score (nSPS) is 26.4. The number of nitrogens with zero attached hydrogens (tertiary/aromatic N) is 1. The van der Waals surface area contributed by atoms with Crippen molar-refractivity contribution in [1.29, 1.82) is 0 Å². The van der Waals surface area contributed by atoms with Gasteiger partial charge >= 0.3 is 0 Å². The lowest BCUT2D eigenvalue weighted by Crippen LogP contribution is -2.37. The topological polar surface area (TPSA) is 55.1 Å². The number of hydrogen-bond donors (Lipinski definition) is 1. The summed E-state index contributed by atoms with van der Waals surface area (Å²) < 4.78 is 4.60. The standard InChI is InChI=1S/C9H11BrN2O2/c10-6-2-1-3-7(6)11-9(13)8-4-5-14-12-8/h4-7H,1-3H2,(H,11,13). The molecule has 1 aromatic heterocycles. The second-order valence-corrected chi connectivity index (χ2v) is 4.59. The molecule has 1 aliphatic rings. The van der Waals surface area contributed by atoms with Gasteiger partial charge in [-0.15, -0.1) is 0 Å². The lowest BCUT2D eigenvalue weighted by Gasteiger charge is -2.14. The van der Waals surface area contributed by atoms with E-state index < -0.39 is 0 Å². The van der Waals surface area contributed by atoms with Gasteiger partial charge in [0.25, 0.3) is 5.91 Å². The Morgan fingerprint density at radius 3 is 3.07 bits per heavy atom. The number of aromatic nitrogens is 1. The fourth-order valence-electron chi connectivity index (χ4n) is 1.65. The van der Waals surface area contributed by atoms with Crippen molar-refractivity contribution in [1.82, 2.24) is 10.5 Å². The molecular formula is C9H11BrN2O2. The highest BCUT2D eigenvalue weighted by atomic mass is 79.9. The molecular weight excluding hydrogens is 248 g/mol. The van der Waals surface area contributed by atoms with Crippen molar-refractivity contribution in [3.05, 3.63) is 18.0 Å². The van der Waals surface area contributed by atoms with E-state index in [4.69, 9.17) is 0 Å². The summed E-state index contributed by atoms with van der Waals surface area (Å²) in [5.74, 6) is -0.157. The Labute approximate surface area is 90.2 Å². The van der Waals surface area contributed by atoms with E-state index in [0.29, 0.717) is 10.5 Å². The number of halogens is 1. The largest absolute Gasteiger partial charge is 0.364 e. The Morgan fingerprint density at radius 2 is 2.50 bits per heavy atom. The maximum Gasteiger partial charge on any atom is 0.273 e. The summed E-state index contributed by atoms with van der Waals surface area (Å²) in [6.07, 6.45) is 4.69. The Morgan fingerprint density at radius 1 is 1.64 bits per heavy atom. The first kappa shape index (κ1) is 9.71. The minimum Gasteiger partial charge on any atom is -0.364 e. The predicted octanol–water partition coefficient (Wildman–Crippen LogP) is 1.72. The molecule has 14 heavy (non-hydrogen) atoms. The molecule has 76 valence electrons. The van der Waals surface area contributed by atoms with Crippen LogP contribution < -0.4 is 5.32 Å². The van der Waals surface area contributed by atoms with Crippen LogP contribution in [-0.2, 0) is 0 Å². The minimum absolute atomic E-state index is 0.157. The molecule has 1 aromatic rings. The number of hydrogen-bond acceptors (Lipinski definition) is 3. The van der Waals surface area contributed by atoms with Crippen molar-refractivity contribution in [2.24, 2.45) is 0 Å². The Bertz CT molecular complexity index is 313. The first-order valence-electron chi connectivity index (χ1n) is 4.62. The smallest absolute Gasteiger partial charge is 0.273 e. The van der Waals surface area contributed by atoms with Crippen LogP contribution in [0.5, 0.6) is 0 Å². The molecule has 2 atom stereocenters. The van der Waals surface area contributed by atoms with E-state index in [2.05, 4.69) is 30.9 Å². The molecule has 1 amide bonds. The Kier molecular flexibility index (Phi) is 2.86. The zero-order chi connectivity index (χ0) is 9.97. The third-order valence-corrected chi connectivity index (χ3v) is 3.51. The van der Waals surface area contributed by atoms with Crippen molar-refractivity contribution in [2.75, 3.05) is 0 Å². The van der Waals surface area contributed by atoms with E-state index >= 15 is 0 Å². The number of carbonyl (C=O) groups excluding carboxylic acids is 1. The Balaban J connectivity index is 1.95. The van der Waals surface area contributed by atoms with E-state index in [1.54, 1.807) is 6.07 Å². The van der Waals surface area contributed by atoms with E-state index in [1.807, 2.05) is 0 Å². The molecule has 0 aromatic carbocycles. The maximum atomic E-state index is 11.6. The van der Waals surface area contributed by atoms with Crippen molar-refractivity contribution in [2.45, 2.75) is 30.1 Å². The third kappa shape index (κ3) is 1.97. The number of carbonyl (C=O) groups is 1. The summed E-state index contributed by atoms with van der Waals surface area (Å²) in [7, 11) is 0. The van der Waals surface area contributed by atoms with Crippen LogP contribution in [0, 0.1) is 0 Å². The second-order valence-electron chi connectivity index (χ2n) is 3.41. The van der Waals surface area contributed by atoms with Crippen LogP contribution in [0.25, 0.3) is 0 Å². The van der Waals surface area contributed by atoms with E-state index in [-0.39, 0.29) is 11.9 Å². The van der Waals surface area contributed by atoms with E-state index in [9.17, 15) is 4.79 Å². The molecule has 1 N–H and O–H groups in total. The number of nitrogens with one attached hydrogen (secondary N) is 1. The van der Waals surface area contributed by atoms with Gasteiger partial charge in [0.2, 0.25) is 0 Å². The molecule has 2 rings (SSSR count). The molecule has 5 heteroatoms. The number of alkyl halides is 1. The Hall–Kier alpha value is -0.840. The summed E-state index contributed by atoms with van der Waals surface area (Å²) in [4.78, 5) is 11.9. The molecule has 2 unspecified atom stereocenters. The molecule has 0 spiro atoms. The predicted molar refractivity (Wildman–Crippen MR) is 54.3 cm³/mol. The number of amides is 1. The van der Waals surface area contributed by atoms with Crippen LogP contribution >= 0.6 is 15.9 Å². The molecule has 1 aliphatic carbocycles. The van der Waals surface area contributed by atoms with Crippen molar-refractivity contribution < 1.29 is 9.32 Å². The molecule has 0 aliphatic heterocycles. The van der Waals surface area contributed by atoms with E-state index in [0.717, 1.165) is 19.3 Å². The monoisotopic (exact) mass is 258 g/mol. The molecule has 4 nitrogen and oxygen atoms in total. The summed E-state index contributed by atoms with van der Waals surface area (Å²) in [6, 6.07) is 1.78. The first-order chi connectivity index (χ1) is 6.77. The lowest BCUT2D eigenvalue weighted by molar-refractivity contribution is 0.0930. The van der Waals surface area contributed by atoms with Gasteiger partial charge < -0.3 is 9.84 Å². The van der Waals surface area contributed by atoms with Gasteiger partial charge in [0.15, 0.2) is 5.69 Å².